The molecule has 2 unspecified atom stereocenters. The van der Waals surface area contributed by atoms with Crippen molar-refractivity contribution in [1.29, 1.82) is 0 Å². The molecule has 3 rings (SSSR count). The molecule has 0 aromatic heterocycles. The Kier molecular flexibility index (Phi) is 11.1. The Hall–Kier alpha value is -3.20. The molecule has 202 valence electrons. The molecule has 1 aliphatic carbocycles. The Bertz CT molecular complexity index is 941. The van der Waals surface area contributed by atoms with E-state index in [0.29, 0.717) is 25.7 Å². The summed E-state index contributed by atoms with van der Waals surface area (Å²) in [6.45, 7) is -0.478. The highest BCUT2D eigenvalue weighted by molar-refractivity contribution is 5.89. The Morgan fingerprint density at radius 1 is 1.08 bits per heavy atom. The summed E-state index contributed by atoms with van der Waals surface area (Å²) < 4.78 is 10.7. The van der Waals surface area contributed by atoms with Crippen LogP contribution in [0.2, 0.25) is 0 Å². The van der Waals surface area contributed by atoms with Gasteiger partial charge in [-0.05, 0) is 44.1 Å². The Balaban J connectivity index is 1.70. The lowest BCUT2D eigenvalue weighted by molar-refractivity contribution is -0.155. The van der Waals surface area contributed by atoms with E-state index < -0.39 is 35.3 Å². The van der Waals surface area contributed by atoms with E-state index in [9.17, 15) is 24.3 Å². The molecule has 1 fully saturated rings. The van der Waals surface area contributed by atoms with Crippen LogP contribution >= 0.6 is 0 Å². The van der Waals surface area contributed by atoms with Gasteiger partial charge in [-0.2, -0.15) is 0 Å². The number of cyclic esters (lactones) is 1. The fourth-order valence-corrected chi connectivity index (χ4v) is 4.67. The molecule has 0 bridgehead atoms. The van der Waals surface area contributed by atoms with Gasteiger partial charge in [0.1, 0.15) is 13.2 Å². The van der Waals surface area contributed by atoms with Crippen molar-refractivity contribution in [2.75, 3.05) is 13.2 Å². The highest BCUT2D eigenvalue weighted by atomic mass is 16.6. The summed E-state index contributed by atoms with van der Waals surface area (Å²) in [4.78, 5) is 51.1. The van der Waals surface area contributed by atoms with E-state index >= 15 is 0 Å². The predicted octanol–water partition coefficient (Wildman–Crippen LogP) is 2.71. The van der Waals surface area contributed by atoms with Crippen molar-refractivity contribution in [2.45, 2.75) is 82.4 Å². The molecule has 37 heavy (non-hydrogen) atoms. The van der Waals surface area contributed by atoms with Gasteiger partial charge in [-0.3, -0.25) is 14.4 Å². The first-order chi connectivity index (χ1) is 17.9. The van der Waals surface area contributed by atoms with Crippen molar-refractivity contribution in [3.8, 4) is 0 Å². The molecule has 1 heterocycles. The van der Waals surface area contributed by atoms with Crippen molar-refractivity contribution < 1.29 is 33.8 Å². The number of hydrogen-bond acceptors (Lipinski definition) is 7. The number of allylic oxidation sites excluding steroid dienone is 2. The van der Waals surface area contributed by atoms with Gasteiger partial charge in [0.2, 0.25) is 11.8 Å². The molecule has 0 saturated heterocycles. The first-order valence-electron chi connectivity index (χ1n) is 13.1. The molecule has 0 radical (unpaired) electrons. The molecule has 2 atom stereocenters. The molecule has 1 aliphatic heterocycles. The van der Waals surface area contributed by atoms with E-state index in [1.807, 2.05) is 42.5 Å². The van der Waals surface area contributed by atoms with E-state index in [-0.39, 0.29) is 38.6 Å². The van der Waals surface area contributed by atoms with Gasteiger partial charge in [0.15, 0.2) is 6.04 Å². The summed E-state index contributed by atoms with van der Waals surface area (Å²) in [6, 6.07) is 7.92. The van der Waals surface area contributed by atoms with Crippen LogP contribution in [-0.4, -0.2) is 53.7 Å². The molecule has 9 heteroatoms. The summed E-state index contributed by atoms with van der Waals surface area (Å²) >= 11 is 0. The summed E-state index contributed by atoms with van der Waals surface area (Å²) in [7, 11) is 0. The molecule has 2 amide bonds. The highest BCUT2D eigenvalue weighted by Crippen LogP contribution is 2.29. The topological polar surface area (TPSA) is 131 Å². The van der Waals surface area contributed by atoms with Crippen molar-refractivity contribution in [3.63, 3.8) is 0 Å². The number of hydrogen-bond donors (Lipinski definition) is 3. The van der Waals surface area contributed by atoms with Crippen LogP contribution in [-0.2, 0) is 35.3 Å². The quantitative estimate of drug-likeness (QED) is 0.377. The van der Waals surface area contributed by atoms with Crippen LogP contribution < -0.4 is 10.6 Å². The Morgan fingerprint density at radius 2 is 1.84 bits per heavy atom. The van der Waals surface area contributed by atoms with Gasteiger partial charge in [0, 0.05) is 12.8 Å². The number of ether oxygens (including phenoxy) is 2. The molecule has 3 N–H and O–H groups in total. The standard InChI is InChI=1S/C28H38N2O7/c31-20-28(15-9-10-16-28)30-24(32)17-22-13-7-2-1-3-8-14-25(33)36-19-23(29-26(22)34)27(35)37-18-21-11-5-4-6-12-21/h2,4-7,11-12,22-23,31H,1,3,8-10,13-20H2,(H,29,34)(H,30,32). The van der Waals surface area contributed by atoms with Crippen LogP contribution in [0.25, 0.3) is 0 Å². The molecular weight excluding hydrogens is 476 g/mol. The minimum Gasteiger partial charge on any atom is -0.463 e. The normalized spacial score (nSPS) is 22.8. The van der Waals surface area contributed by atoms with Gasteiger partial charge in [-0.15, -0.1) is 0 Å². The van der Waals surface area contributed by atoms with Crippen LogP contribution in [0.1, 0.15) is 69.8 Å². The van der Waals surface area contributed by atoms with E-state index in [0.717, 1.165) is 31.2 Å². The lowest BCUT2D eigenvalue weighted by Crippen LogP contribution is -2.51. The second-order valence-corrected chi connectivity index (χ2v) is 9.89. The molecule has 1 saturated carbocycles. The molecule has 2 aliphatic rings. The number of carbonyl (C=O) groups excluding carboxylic acids is 4. The predicted molar refractivity (Wildman–Crippen MR) is 136 cm³/mol. The first kappa shape index (κ1) is 28.4. The van der Waals surface area contributed by atoms with Gasteiger partial charge < -0.3 is 25.2 Å². The van der Waals surface area contributed by atoms with Gasteiger partial charge in [-0.25, -0.2) is 4.79 Å². The van der Waals surface area contributed by atoms with Crippen molar-refractivity contribution in [1.82, 2.24) is 10.6 Å². The molecule has 1 aromatic rings. The maximum absolute atomic E-state index is 13.3. The van der Waals surface area contributed by atoms with Crippen molar-refractivity contribution in [3.05, 3.63) is 48.0 Å². The zero-order valence-electron chi connectivity index (χ0n) is 21.3. The smallest absolute Gasteiger partial charge is 0.332 e. The number of amides is 2. The van der Waals surface area contributed by atoms with Crippen LogP contribution in [0.5, 0.6) is 0 Å². The fourth-order valence-electron chi connectivity index (χ4n) is 4.67. The average Bonchev–Trinajstić information content (AvgIpc) is 3.37. The van der Waals surface area contributed by atoms with Gasteiger partial charge in [-0.1, -0.05) is 55.3 Å². The number of esters is 2. The molecule has 0 spiro atoms. The fraction of sp³-hybridized carbons (Fsp3) is 0.571. The van der Waals surface area contributed by atoms with Crippen molar-refractivity contribution in [2.24, 2.45) is 5.92 Å². The average molecular weight is 515 g/mol. The monoisotopic (exact) mass is 514 g/mol. The number of nitrogens with one attached hydrogen (secondary N) is 2. The number of benzene rings is 1. The van der Waals surface area contributed by atoms with E-state index in [4.69, 9.17) is 9.47 Å². The maximum atomic E-state index is 13.3. The van der Waals surface area contributed by atoms with Crippen LogP contribution in [0.3, 0.4) is 0 Å². The van der Waals surface area contributed by atoms with Crippen LogP contribution in [0, 0.1) is 5.92 Å². The highest BCUT2D eigenvalue weighted by Gasteiger charge is 2.36. The summed E-state index contributed by atoms with van der Waals surface area (Å²) in [5, 5.41) is 15.4. The van der Waals surface area contributed by atoms with Crippen LogP contribution in [0.4, 0.5) is 0 Å². The number of aliphatic hydroxyl groups is 1. The Labute approximate surface area is 218 Å². The summed E-state index contributed by atoms with van der Waals surface area (Å²) in [5.41, 5.74) is 0.146. The third-order valence-corrected chi connectivity index (χ3v) is 6.90. The van der Waals surface area contributed by atoms with Gasteiger partial charge in [0.05, 0.1) is 18.1 Å². The van der Waals surface area contributed by atoms with Gasteiger partial charge >= 0.3 is 11.9 Å². The van der Waals surface area contributed by atoms with E-state index in [2.05, 4.69) is 10.6 Å². The lowest BCUT2D eigenvalue weighted by atomic mass is 9.95. The SMILES string of the molecule is O=C(CC1CC=CCCCCC(=O)OCC(C(=O)OCc2ccccc2)NC1=O)NC1(CO)CCCC1. The second-order valence-electron chi connectivity index (χ2n) is 9.89. The first-order valence-corrected chi connectivity index (χ1v) is 13.1. The Morgan fingerprint density at radius 3 is 2.57 bits per heavy atom. The maximum Gasteiger partial charge on any atom is 0.332 e. The van der Waals surface area contributed by atoms with Gasteiger partial charge in [0.25, 0.3) is 0 Å². The number of aliphatic hydroxyl groups excluding tert-OH is 1. The second kappa shape index (κ2) is 14.5. The third kappa shape index (κ3) is 9.31. The van der Waals surface area contributed by atoms with E-state index in [1.54, 1.807) is 0 Å². The molecule has 9 nitrogen and oxygen atoms in total. The minimum atomic E-state index is -1.20. The van der Waals surface area contributed by atoms with Crippen LogP contribution in [0.15, 0.2) is 42.5 Å². The third-order valence-electron chi connectivity index (χ3n) is 6.90. The summed E-state index contributed by atoms with van der Waals surface area (Å²) in [6.07, 6.45) is 9.68. The largest absolute Gasteiger partial charge is 0.463 e. The summed E-state index contributed by atoms with van der Waals surface area (Å²) in [5.74, 6) is -2.73. The molecule has 1 aromatic carbocycles. The molecular formula is C28H38N2O7. The number of rotatable bonds is 7. The zero-order chi connectivity index (χ0) is 26.5. The minimum absolute atomic E-state index is 0.0117. The lowest BCUT2D eigenvalue weighted by Gasteiger charge is -2.29. The zero-order valence-corrected chi connectivity index (χ0v) is 21.3. The van der Waals surface area contributed by atoms with E-state index in [1.165, 1.54) is 0 Å². The number of carbonyl (C=O) groups is 4. The van der Waals surface area contributed by atoms with Crippen molar-refractivity contribution >= 4 is 23.8 Å².